The quantitative estimate of drug-likeness (QED) is 0.702. The Labute approximate surface area is 106 Å². The minimum Gasteiger partial charge on any atom is -0.382 e. The Balaban J connectivity index is 2.86. The first-order valence-electron chi connectivity index (χ1n) is 5.86. The van der Waals surface area contributed by atoms with Gasteiger partial charge in [-0.05, 0) is 43.5 Å². The van der Waals surface area contributed by atoms with E-state index in [0.29, 0.717) is 30.8 Å². The van der Waals surface area contributed by atoms with Gasteiger partial charge in [0.25, 0.3) is 0 Å². The summed E-state index contributed by atoms with van der Waals surface area (Å²) in [5.41, 5.74) is 12.0. The van der Waals surface area contributed by atoms with Gasteiger partial charge in [0.1, 0.15) is 0 Å². The molecule has 5 nitrogen and oxygen atoms in total. The summed E-state index contributed by atoms with van der Waals surface area (Å²) in [5.74, 6) is -1.02. The maximum absolute atomic E-state index is 11.3. The Hall–Kier alpha value is -1.88. The first-order chi connectivity index (χ1) is 8.56. The molecule has 98 valence electrons. The number of hydrogen-bond donors (Lipinski definition) is 2. The molecule has 0 saturated heterocycles. The second kappa shape index (κ2) is 6.76. The van der Waals surface area contributed by atoms with E-state index >= 15 is 0 Å². The molecular formula is C13H18N2O3. The molecule has 1 aromatic carbocycles. The highest BCUT2D eigenvalue weighted by Gasteiger charge is 2.10. The molecule has 0 aliphatic carbocycles. The number of ether oxygens (including phenoxy) is 1. The number of amides is 2. The van der Waals surface area contributed by atoms with Crippen LogP contribution in [0.1, 0.15) is 39.6 Å². The van der Waals surface area contributed by atoms with Crippen LogP contribution in [-0.2, 0) is 11.2 Å². The monoisotopic (exact) mass is 250 g/mol. The first-order valence-corrected chi connectivity index (χ1v) is 5.86. The molecule has 0 heterocycles. The highest BCUT2D eigenvalue weighted by molar-refractivity contribution is 5.97. The lowest BCUT2D eigenvalue weighted by Gasteiger charge is -2.08. The van der Waals surface area contributed by atoms with Crippen LogP contribution in [0.2, 0.25) is 0 Å². The predicted molar refractivity (Wildman–Crippen MR) is 68.3 cm³/mol. The highest BCUT2D eigenvalue weighted by Crippen LogP contribution is 2.14. The van der Waals surface area contributed by atoms with Crippen molar-refractivity contribution in [1.82, 2.24) is 0 Å². The van der Waals surface area contributed by atoms with E-state index in [-0.39, 0.29) is 0 Å². The van der Waals surface area contributed by atoms with E-state index in [1.54, 1.807) is 12.1 Å². The van der Waals surface area contributed by atoms with Gasteiger partial charge in [-0.1, -0.05) is 0 Å². The van der Waals surface area contributed by atoms with Gasteiger partial charge in [-0.25, -0.2) is 0 Å². The SMILES string of the molecule is CCOCCCc1cc(C(N)=O)ccc1C(N)=O. The van der Waals surface area contributed by atoms with Crippen molar-refractivity contribution in [3.63, 3.8) is 0 Å². The predicted octanol–water partition coefficient (Wildman–Crippen LogP) is 0.854. The molecule has 0 fully saturated rings. The lowest BCUT2D eigenvalue weighted by molar-refractivity contribution is 0.0987. The second-order valence-electron chi connectivity index (χ2n) is 3.90. The molecule has 1 aromatic rings. The third kappa shape index (κ3) is 3.85. The van der Waals surface area contributed by atoms with Crippen LogP contribution in [0.5, 0.6) is 0 Å². The average Bonchev–Trinajstić information content (AvgIpc) is 2.34. The van der Waals surface area contributed by atoms with Gasteiger partial charge >= 0.3 is 0 Å². The zero-order valence-electron chi connectivity index (χ0n) is 10.4. The fraction of sp³-hybridized carbons (Fsp3) is 0.385. The molecule has 0 radical (unpaired) electrons. The number of carbonyl (C=O) groups is 2. The number of primary amides is 2. The molecule has 0 aliphatic rings. The number of rotatable bonds is 7. The smallest absolute Gasteiger partial charge is 0.248 e. The summed E-state index contributed by atoms with van der Waals surface area (Å²) in [6, 6.07) is 4.67. The maximum atomic E-state index is 11.3. The van der Waals surface area contributed by atoms with Gasteiger partial charge in [0.15, 0.2) is 0 Å². The Morgan fingerprint density at radius 2 is 1.94 bits per heavy atom. The van der Waals surface area contributed by atoms with Crippen molar-refractivity contribution in [1.29, 1.82) is 0 Å². The standard InChI is InChI=1S/C13H18N2O3/c1-2-18-7-3-4-9-8-10(12(14)16)5-6-11(9)13(15)17/h5-6,8H,2-4,7H2,1H3,(H2,14,16)(H2,15,17). The van der Waals surface area contributed by atoms with E-state index in [4.69, 9.17) is 16.2 Å². The van der Waals surface area contributed by atoms with E-state index in [9.17, 15) is 9.59 Å². The Morgan fingerprint density at radius 1 is 1.22 bits per heavy atom. The first kappa shape index (κ1) is 14.2. The molecule has 0 aliphatic heterocycles. The molecule has 0 unspecified atom stereocenters. The van der Waals surface area contributed by atoms with Crippen LogP contribution in [0.15, 0.2) is 18.2 Å². The van der Waals surface area contributed by atoms with Gasteiger partial charge in [0.2, 0.25) is 11.8 Å². The molecule has 1 rings (SSSR count). The van der Waals surface area contributed by atoms with Crippen molar-refractivity contribution in [3.05, 3.63) is 34.9 Å². The highest BCUT2D eigenvalue weighted by atomic mass is 16.5. The molecule has 4 N–H and O–H groups in total. The number of aryl methyl sites for hydroxylation is 1. The lowest BCUT2D eigenvalue weighted by atomic mass is 9.99. The van der Waals surface area contributed by atoms with Gasteiger partial charge in [-0.2, -0.15) is 0 Å². The van der Waals surface area contributed by atoms with Gasteiger partial charge in [-0.15, -0.1) is 0 Å². The Kier molecular flexibility index (Phi) is 5.32. The average molecular weight is 250 g/mol. The Morgan fingerprint density at radius 3 is 2.50 bits per heavy atom. The van der Waals surface area contributed by atoms with Crippen LogP contribution in [0.25, 0.3) is 0 Å². The van der Waals surface area contributed by atoms with E-state index in [2.05, 4.69) is 0 Å². The third-order valence-electron chi connectivity index (χ3n) is 2.59. The van der Waals surface area contributed by atoms with Crippen molar-refractivity contribution in [2.45, 2.75) is 19.8 Å². The maximum Gasteiger partial charge on any atom is 0.248 e. The number of carbonyl (C=O) groups excluding carboxylic acids is 2. The summed E-state index contributed by atoms with van der Waals surface area (Å²) in [4.78, 5) is 22.4. The normalized spacial score (nSPS) is 10.3. The molecule has 5 heteroatoms. The topological polar surface area (TPSA) is 95.4 Å². The van der Waals surface area contributed by atoms with Gasteiger partial charge in [0, 0.05) is 24.3 Å². The minimum atomic E-state index is -0.517. The fourth-order valence-electron chi connectivity index (χ4n) is 1.70. The second-order valence-corrected chi connectivity index (χ2v) is 3.90. The molecule has 0 saturated carbocycles. The van der Waals surface area contributed by atoms with E-state index in [1.807, 2.05) is 6.92 Å². The van der Waals surface area contributed by atoms with Crippen LogP contribution < -0.4 is 11.5 Å². The number of hydrogen-bond acceptors (Lipinski definition) is 3. The van der Waals surface area contributed by atoms with Crippen molar-refractivity contribution in [3.8, 4) is 0 Å². The summed E-state index contributed by atoms with van der Waals surface area (Å²) in [6.45, 7) is 3.18. The molecule has 18 heavy (non-hydrogen) atoms. The van der Waals surface area contributed by atoms with Crippen molar-refractivity contribution in [2.24, 2.45) is 11.5 Å². The number of benzene rings is 1. The van der Waals surface area contributed by atoms with Crippen LogP contribution >= 0.6 is 0 Å². The third-order valence-corrected chi connectivity index (χ3v) is 2.59. The summed E-state index contributed by atoms with van der Waals surface area (Å²) in [6.07, 6.45) is 1.38. The van der Waals surface area contributed by atoms with Crippen molar-refractivity contribution in [2.75, 3.05) is 13.2 Å². The fourth-order valence-corrected chi connectivity index (χ4v) is 1.70. The van der Waals surface area contributed by atoms with Gasteiger partial charge in [-0.3, -0.25) is 9.59 Å². The van der Waals surface area contributed by atoms with Crippen LogP contribution in [0.4, 0.5) is 0 Å². The number of nitrogens with two attached hydrogens (primary N) is 2. The van der Waals surface area contributed by atoms with Gasteiger partial charge in [0.05, 0.1) is 0 Å². The summed E-state index contributed by atoms with van der Waals surface area (Å²) in [5, 5.41) is 0. The minimum absolute atomic E-state index is 0.381. The van der Waals surface area contributed by atoms with Crippen molar-refractivity contribution >= 4 is 11.8 Å². The molecule has 0 aromatic heterocycles. The summed E-state index contributed by atoms with van der Waals surface area (Å²) < 4.78 is 5.23. The molecule has 0 spiro atoms. The van der Waals surface area contributed by atoms with Crippen molar-refractivity contribution < 1.29 is 14.3 Å². The summed E-state index contributed by atoms with van der Waals surface area (Å²) >= 11 is 0. The van der Waals surface area contributed by atoms with Crippen LogP contribution in [0.3, 0.4) is 0 Å². The molecule has 0 bridgehead atoms. The van der Waals surface area contributed by atoms with E-state index in [1.165, 1.54) is 6.07 Å². The van der Waals surface area contributed by atoms with E-state index < -0.39 is 11.8 Å². The summed E-state index contributed by atoms with van der Waals surface area (Å²) in [7, 11) is 0. The molecule has 0 atom stereocenters. The van der Waals surface area contributed by atoms with Crippen LogP contribution in [-0.4, -0.2) is 25.0 Å². The molecular weight excluding hydrogens is 232 g/mol. The lowest BCUT2D eigenvalue weighted by Crippen LogP contribution is -2.17. The van der Waals surface area contributed by atoms with E-state index in [0.717, 1.165) is 12.0 Å². The van der Waals surface area contributed by atoms with Gasteiger partial charge < -0.3 is 16.2 Å². The zero-order valence-corrected chi connectivity index (χ0v) is 10.4. The Bertz CT molecular complexity index is 444. The zero-order chi connectivity index (χ0) is 13.5. The van der Waals surface area contributed by atoms with Crippen LogP contribution in [0, 0.1) is 0 Å². The largest absolute Gasteiger partial charge is 0.382 e. The molecule has 2 amide bonds.